The Bertz CT molecular complexity index is 694. The molecule has 20 heavy (non-hydrogen) atoms. The predicted octanol–water partition coefficient (Wildman–Crippen LogP) is 4.73. The minimum absolute atomic E-state index is 0.0268. The first-order chi connectivity index (χ1) is 9.38. The molecule has 0 saturated heterocycles. The molecule has 3 N–H and O–H groups in total. The number of amides is 1. The molecule has 3 nitrogen and oxygen atoms in total. The lowest BCUT2D eigenvalue weighted by Crippen LogP contribution is -2.14. The summed E-state index contributed by atoms with van der Waals surface area (Å²) in [6, 6.07) is 7.00. The van der Waals surface area contributed by atoms with Crippen molar-refractivity contribution in [1.29, 1.82) is 0 Å². The van der Waals surface area contributed by atoms with E-state index in [9.17, 15) is 9.18 Å². The molecule has 2 aromatic rings. The van der Waals surface area contributed by atoms with Crippen molar-refractivity contribution >= 4 is 56.4 Å². The summed E-state index contributed by atoms with van der Waals surface area (Å²) in [5.74, 6) is -1.16. The van der Waals surface area contributed by atoms with E-state index in [1.54, 1.807) is 0 Å². The number of nitrogen functional groups attached to an aromatic ring is 1. The van der Waals surface area contributed by atoms with E-state index in [1.165, 1.54) is 30.3 Å². The Morgan fingerprint density at radius 1 is 1.25 bits per heavy atom. The van der Waals surface area contributed by atoms with Crippen molar-refractivity contribution in [3.05, 3.63) is 56.2 Å². The van der Waals surface area contributed by atoms with Crippen molar-refractivity contribution in [2.24, 2.45) is 0 Å². The van der Waals surface area contributed by atoms with Gasteiger partial charge >= 0.3 is 0 Å². The average molecular weight is 378 g/mol. The summed E-state index contributed by atoms with van der Waals surface area (Å²) >= 11 is 15.0. The van der Waals surface area contributed by atoms with Gasteiger partial charge in [0.25, 0.3) is 5.91 Å². The van der Waals surface area contributed by atoms with Crippen LogP contribution in [0.25, 0.3) is 0 Å². The van der Waals surface area contributed by atoms with Crippen LogP contribution < -0.4 is 11.1 Å². The van der Waals surface area contributed by atoms with E-state index in [1.807, 2.05) is 0 Å². The molecule has 0 aliphatic rings. The van der Waals surface area contributed by atoms with Crippen LogP contribution in [0.15, 0.2) is 34.8 Å². The van der Waals surface area contributed by atoms with Crippen LogP contribution in [0.4, 0.5) is 15.8 Å². The third-order valence-corrected chi connectivity index (χ3v) is 3.77. The van der Waals surface area contributed by atoms with Gasteiger partial charge in [-0.3, -0.25) is 4.79 Å². The smallest absolute Gasteiger partial charge is 0.257 e. The largest absolute Gasteiger partial charge is 0.399 e. The number of hydrogen-bond acceptors (Lipinski definition) is 2. The lowest BCUT2D eigenvalue weighted by atomic mass is 10.1. The molecule has 0 spiro atoms. The van der Waals surface area contributed by atoms with Crippen molar-refractivity contribution in [3.63, 3.8) is 0 Å². The second-order valence-electron chi connectivity index (χ2n) is 3.94. The minimum atomic E-state index is -0.596. The van der Waals surface area contributed by atoms with Gasteiger partial charge in [-0.15, -0.1) is 0 Å². The van der Waals surface area contributed by atoms with E-state index < -0.39 is 11.7 Å². The number of anilines is 2. The monoisotopic (exact) mass is 376 g/mol. The molecule has 2 rings (SSSR count). The van der Waals surface area contributed by atoms with Crippen LogP contribution in [0.2, 0.25) is 10.0 Å². The Labute approximate surface area is 133 Å². The number of hydrogen-bond donors (Lipinski definition) is 2. The van der Waals surface area contributed by atoms with Crippen LogP contribution >= 0.6 is 39.1 Å². The summed E-state index contributed by atoms with van der Waals surface area (Å²) < 4.78 is 14.2. The van der Waals surface area contributed by atoms with Crippen LogP contribution in [0.5, 0.6) is 0 Å². The summed E-state index contributed by atoms with van der Waals surface area (Å²) in [6.45, 7) is 0. The van der Waals surface area contributed by atoms with Gasteiger partial charge in [-0.25, -0.2) is 4.39 Å². The maximum absolute atomic E-state index is 13.6. The Hall–Kier alpha value is -1.30. The van der Waals surface area contributed by atoms with Gasteiger partial charge in [-0.1, -0.05) is 39.1 Å². The van der Waals surface area contributed by atoms with Gasteiger partial charge in [-0.2, -0.15) is 0 Å². The molecule has 0 saturated carbocycles. The first-order valence-corrected chi connectivity index (χ1v) is 6.94. The van der Waals surface area contributed by atoms with Crippen LogP contribution in [0.3, 0.4) is 0 Å². The molecule has 2 aromatic carbocycles. The van der Waals surface area contributed by atoms with Gasteiger partial charge in [0, 0.05) is 10.2 Å². The molecule has 0 bridgehead atoms. The van der Waals surface area contributed by atoms with E-state index in [0.717, 1.165) is 0 Å². The molecule has 104 valence electrons. The molecule has 0 heterocycles. The van der Waals surface area contributed by atoms with Crippen LogP contribution in [-0.2, 0) is 0 Å². The molecular weight excluding hydrogens is 370 g/mol. The lowest BCUT2D eigenvalue weighted by Gasteiger charge is -2.10. The highest BCUT2D eigenvalue weighted by molar-refractivity contribution is 9.10. The predicted molar refractivity (Wildman–Crippen MR) is 82.9 cm³/mol. The quantitative estimate of drug-likeness (QED) is 0.743. The molecule has 0 radical (unpaired) electrons. The normalized spacial score (nSPS) is 10.4. The summed E-state index contributed by atoms with van der Waals surface area (Å²) in [5.41, 5.74) is 6.01. The Kier molecular flexibility index (Phi) is 4.52. The number of halogens is 4. The van der Waals surface area contributed by atoms with Crippen molar-refractivity contribution < 1.29 is 9.18 Å². The van der Waals surface area contributed by atoms with Crippen LogP contribution in [0, 0.1) is 5.82 Å². The highest BCUT2D eigenvalue weighted by Crippen LogP contribution is 2.30. The van der Waals surface area contributed by atoms with E-state index in [-0.39, 0.29) is 21.3 Å². The first kappa shape index (κ1) is 15.1. The zero-order valence-corrected chi connectivity index (χ0v) is 13.0. The second kappa shape index (κ2) is 5.99. The topological polar surface area (TPSA) is 55.1 Å². The average Bonchev–Trinajstić information content (AvgIpc) is 2.38. The van der Waals surface area contributed by atoms with Crippen molar-refractivity contribution in [1.82, 2.24) is 0 Å². The van der Waals surface area contributed by atoms with Crippen LogP contribution in [0.1, 0.15) is 10.4 Å². The molecular formula is C13H8BrCl2FN2O. The Morgan fingerprint density at radius 3 is 2.65 bits per heavy atom. The number of benzene rings is 2. The van der Waals surface area contributed by atoms with Gasteiger partial charge in [0.1, 0.15) is 5.82 Å². The molecule has 0 aliphatic heterocycles. The fourth-order valence-corrected chi connectivity index (χ4v) is 2.34. The number of carbonyl (C=O) groups excluding carboxylic acids is 1. The number of rotatable bonds is 2. The molecule has 1 amide bonds. The molecule has 0 unspecified atom stereocenters. The van der Waals surface area contributed by atoms with Gasteiger partial charge in [-0.05, 0) is 30.3 Å². The third kappa shape index (κ3) is 3.23. The Morgan fingerprint density at radius 2 is 1.95 bits per heavy atom. The summed E-state index contributed by atoms with van der Waals surface area (Å²) in [6.07, 6.45) is 0. The van der Waals surface area contributed by atoms with Gasteiger partial charge < -0.3 is 11.1 Å². The van der Waals surface area contributed by atoms with E-state index in [0.29, 0.717) is 10.2 Å². The molecule has 0 atom stereocenters. The molecule has 0 fully saturated rings. The standard InChI is InChI=1S/C13H8BrCl2FN2O/c14-6-1-2-10(17)11(3-6)19-13(20)8-4-7(18)5-9(15)12(8)16/h1-5H,18H2,(H,19,20). The van der Waals surface area contributed by atoms with E-state index in [2.05, 4.69) is 21.2 Å². The second-order valence-corrected chi connectivity index (χ2v) is 5.64. The summed E-state index contributed by atoms with van der Waals surface area (Å²) in [7, 11) is 0. The lowest BCUT2D eigenvalue weighted by molar-refractivity contribution is 0.102. The molecule has 7 heteroatoms. The number of nitrogens with two attached hydrogens (primary N) is 1. The summed E-state index contributed by atoms with van der Waals surface area (Å²) in [4.78, 5) is 12.1. The number of nitrogens with one attached hydrogen (secondary N) is 1. The fraction of sp³-hybridized carbons (Fsp3) is 0. The van der Waals surface area contributed by atoms with E-state index in [4.69, 9.17) is 28.9 Å². The summed E-state index contributed by atoms with van der Waals surface area (Å²) in [5, 5.41) is 2.64. The van der Waals surface area contributed by atoms with Crippen molar-refractivity contribution in [2.45, 2.75) is 0 Å². The third-order valence-electron chi connectivity index (χ3n) is 2.47. The van der Waals surface area contributed by atoms with Gasteiger partial charge in [0.05, 0.1) is 21.3 Å². The minimum Gasteiger partial charge on any atom is -0.399 e. The van der Waals surface area contributed by atoms with E-state index >= 15 is 0 Å². The van der Waals surface area contributed by atoms with Gasteiger partial charge in [0.2, 0.25) is 0 Å². The van der Waals surface area contributed by atoms with Crippen molar-refractivity contribution in [2.75, 3.05) is 11.1 Å². The Balaban J connectivity index is 2.35. The molecule has 0 aliphatic carbocycles. The van der Waals surface area contributed by atoms with Crippen molar-refractivity contribution in [3.8, 4) is 0 Å². The highest BCUT2D eigenvalue weighted by atomic mass is 79.9. The SMILES string of the molecule is Nc1cc(Cl)c(Cl)c(C(=O)Nc2cc(Br)ccc2F)c1. The maximum Gasteiger partial charge on any atom is 0.257 e. The zero-order chi connectivity index (χ0) is 14.9. The van der Waals surface area contributed by atoms with Crippen LogP contribution in [-0.4, -0.2) is 5.91 Å². The fourth-order valence-electron chi connectivity index (χ4n) is 1.56. The highest BCUT2D eigenvalue weighted by Gasteiger charge is 2.16. The van der Waals surface area contributed by atoms with Gasteiger partial charge in [0.15, 0.2) is 0 Å². The maximum atomic E-state index is 13.6. The zero-order valence-electron chi connectivity index (χ0n) is 9.88. The molecule has 0 aromatic heterocycles. The number of carbonyl (C=O) groups is 1. The first-order valence-electron chi connectivity index (χ1n) is 5.39.